The predicted octanol–water partition coefficient (Wildman–Crippen LogP) is 1.85. The van der Waals surface area contributed by atoms with Crippen molar-refractivity contribution >= 4 is 15.9 Å². The van der Waals surface area contributed by atoms with E-state index in [4.69, 9.17) is 4.74 Å². The van der Waals surface area contributed by atoms with E-state index in [-0.39, 0.29) is 22.9 Å². The molecule has 0 radical (unpaired) electrons. The minimum atomic E-state index is -3.60. The number of hydrogen-bond acceptors (Lipinski definition) is 4. The highest BCUT2D eigenvalue weighted by Crippen LogP contribution is 2.24. The van der Waals surface area contributed by atoms with Gasteiger partial charge in [-0.25, -0.2) is 12.7 Å². The molecule has 2 atom stereocenters. The molecule has 0 bridgehead atoms. The first-order valence-corrected chi connectivity index (χ1v) is 9.55. The summed E-state index contributed by atoms with van der Waals surface area (Å²) in [5.41, 5.74) is 1.78. The Kier molecular flexibility index (Phi) is 5.67. The van der Waals surface area contributed by atoms with Crippen LogP contribution in [0.3, 0.4) is 0 Å². The molecule has 24 heavy (non-hydrogen) atoms. The molecule has 0 saturated carbocycles. The Morgan fingerprint density at radius 2 is 2.00 bits per heavy atom. The summed E-state index contributed by atoms with van der Waals surface area (Å²) in [7, 11) is -0.637. The lowest BCUT2D eigenvalue weighted by atomic mass is 10.0. The summed E-state index contributed by atoms with van der Waals surface area (Å²) in [6, 6.07) is 3.06. The van der Waals surface area contributed by atoms with Crippen molar-refractivity contribution in [3.05, 3.63) is 28.8 Å². The molecule has 0 spiro atoms. The van der Waals surface area contributed by atoms with E-state index in [0.29, 0.717) is 11.1 Å². The summed E-state index contributed by atoms with van der Waals surface area (Å²) in [5, 5.41) is 2.92. The molecular weight excluding hydrogens is 328 g/mol. The van der Waals surface area contributed by atoms with Crippen LogP contribution in [0.4, 0.5) is 0 Å². The van der Waals surface area contributed by atoms with Gasteiger partial charge in [0.2, 0.25) is 10.0 Å². The molecule has 2 rings (SSSR count). The third kappa shape index (κ3) is 3.79. The number of nitrogens with one attached hydrogen (secondary N) is 1. The number of rotatable bonds is 5. The van der Waals surface area contributed by atoms with Crippen LogP contribution in [0.5, 0.6) is 0 Å². The molecule has 7 heteroatoms. The normalized spacial score (nSPS) is 19.5. The van der Waals surface area contributed by atoms with Crippen molar-refractivity contribution in [1.82, 2.24) is 9.62 Å². The Labute approximate surface area is 144 Å². The average Bonchev–Trinajstić information content (AvgIpc) is 3.03. The molecule has 1 N–H and O–H groups in total. The Morgan fingerprint density at radius 1 is 1.33 bits per heavy atom. The van der Waals surface area contributed by atoms with E-state index in [9.17, 15) is 13.2 Å². The maximum Gasteiger partial charge on any atom is 0.251 e. The highest BCUT2D eigenvalue weighted by molar-refractivity contribution is 7.89. The van der Waals surface area contributed by atoms with E-state index in [1.165, 1.54) is 20.2 Å². The Bertz CT molecular complexity index is 722. The van der Waals surface area contributed by atoms with Gasteiger partial charge < -0.3 is 10.1 Å². The van der Waals surface area contributed by atoms with Gasteiger partial charge in [0.15, 0.2) is 0 Å². The van der Waals surface area contributed by atoms with E-state index >= 15 is 0 Å². The van der Waals surface area contributed by atoms with Gasteiger partial charge in [0.1, 0.15) is 0 Å². The molecule has 0 aliphatic carbocycles. The average molecular weight is 354 g/mol. The van der Waals surface area contributed by atoms with Crippen molar-refractivity contribution in [2.75, 3.05) is 20.7 Å². The predicted molar refractivity (Wildman–Crippen MR) is 92.7 cm³/mol. The number of sulfonamides is 1. The lowest BCUT2D eigenvalue weighted by Crippen LogP contribution is -2.41. The minimum absolute atomic E-state index is 0.0190. The summed E-state index contributed by atoms with van der Waals surface area (Å²) in [4.78, 5) is 12.7. The van der Waals surface area contributed by atoms with Crippen molar-refractivity contribution in [2.45, 2.75) is 50.7 Å². The van der Waals surface area contributed by atoms with Gasteiger partial charge in [0.05, 0.1) is 17.0 Å². The second kappa shape index (κ2) is 7.21. The SMILES string of the molecule is Cc1cc(C(=O)N[C@H](C)[C@@H]2CCCO2)cc(S(=O)(=O)N(C)C)c1C. The fourth-order valence-corrected chi connectivity index (χ4v) is 4.02. The van der Waals surface area contributed by atoms with Gasteiger partial charge in [0.25, 0.3) is 5.91 Å². The Morgan fingerprint density at radius 3 is 2.54 bits per heavy atom. The first-order valence-electron chi connectivity index (χ1n) is 8.11. The first-order chi connectivity index (χ1) is 11.1. The summed E-state index contributed by atoms with van der Waals surface area (Å²) in [6.07, 6.45) is 1.94. The van der Waals surface area contributed by atoms with Crippen molar-refractivity contribution in [3.8, 4) is 0 Å². The molecular formula is C17H26N2O4S. The Balaban J connectivity index is 2.30. The molecule has 134 valence electrons. The van der Waals surface area contributed by atoms with Crippen LogP contribution < -0.4 is 5.32 Å². The van der Waals surface area contributed by atoms with Crippen LogP contribution in [0.15, 0.2) is 17.0 Å². The topological polar surface area (TPSA) is 75.7 Å². The van der Waals surface area contributed by atoms with Crippen LogP contribution in [0.1, 0.15) is 41.3 Å². The molecule has 1 amide bonds. The number of amides is 1. The fourth-order valence-electron chi connectivity index (χ4n) is 2.80. The smallest absolute Gasteiger partial charge is 0.251 e. The number of hydrogen-bond donors (Lipinski definition) is 1. The lowest BCUT2D eigenvalue weighted by molar-refractivity contribution is 0.0712. The van der Waals surface area contributed by atoms with Gasteiger partial charge in [-0.2, -0.15) is 0 Å². The number of nitrogens with zero attached hydrogens (tertiary/aromatic N) is 1. The van der Waals surface area contributed by atoms with Gasteiger partial charge in [-0.1, -0.05) is 0 Å². The van der Waals surface area contributed by atoms with Crippen LogP contribution in [0.25, 0.3) is 0 Å². The molecule has 0 unspecified atom stereocenters. The Hall–Kier alpha value is -1.44. The zero-order valence-electron chi connectivity index (χ0n) is 14.9. The first kappa shape index (κ1) is 18.9. The molecule has 1 fully saturated rings. The lowest BCUT2D eigenvalue weighted by Gasteiger charge is -2.21. The summed E-state index contributed by atoms with van der Waals surface area (Å²) >= 11 is 0. The molecule has 1 heterocycles. The third-order valence-corrected chi connectivity index (χ3v) is 6.46. The fraction of sp³-hybridized carbons (Fsp3) is 0.588. The van der Waals surface area contributed by atoms with Gasteiger partial charge >= 0.3 is 0 Å². The zero-order chi connectivity index (χ0) is 18.1. The van der Waals surface area contributed by atoms with Gasteiger partial charge in [0, 0.05) is 26.3 Å². The van der Waals surface area contributed by atoms with Crippen LogP contribution >= 0.6 is 0 Å². The largest absolute Gasteiger partial charge is 0.376 e. The van der Waals surface area contributed by atoms with Crippen LogP contribution in [-0.2, 0) is 14.8 Å². The standard InChI is InChI=1S/C17H26N2O4S/c1-11-9-14(10-16(12(11)2)24(21,22)19(4)5)17(20)18-13(3)15-7-6-8-23-15/h9-10,13,15H,6-8H2,1-5H3,(H,18,20)/t13-,15+/m1/s1. The molecule has 1 aliphatic heterocycles. The second-order valence-electron chi connectivity index (χ2n) is 6.52. The number of ether oxygens (including phenoxy) is 1. The molecule has 0 aromatic heterocycles. The van der Waals surface area contributed by atoms with E-state index in [2.05, 4.69) is 5.32 Å². The quantitative estimate of drug-likeness (QED) is 0.876. The summed E-state index contributed by atoms with van der Waals surface area (Å²) in [6.45, 7) is 6.19. The number of carbonyl (C=O) groups excluding carboxylic acids is 1. The number of carbonyl (C=O) groups is 1. The van der Waals surface area contributed by atoms with Crippen molar-refractivity contribution in [2.24, 2.45) is 0 Å². The third-order valence-electron chi connectivity index (χ3n) is 4.52. The highest BCUT2D eigenvalue weighted by Gasteiger charge is 2.26. The van der Waals surface area contributed by atoms with Gasteiger partial charge in [-0.05, 0) is 56.9 Å². The van der Waals surface area contributed by atoms with E-state index in [1.54, 1.807) is 13.0 Å². The van der Waals surface area contributed by atoms with E-state index < -0.39 is 10.0 Å². The van der Waals surface area contributed by atoms with E-state index in [1.807, 2.05) is 13.8 Å². The molecule has 1 aromatic carbocycles. The van der Waals surface area contributed by atoms with Crippen LogP contribution in [0, 0.1) is 13.8 Å². The summed E-state index contributed by atoms with van der Waals surface area (Å²) in [5.74, 6) is -0.281. The number of aryl methyl sites for hydroxylation is 1. The van der Waals surface area contributed by atoms with E-state index in [0.717, 1.165) is 29.3 Å². The van der Waals surface area contributed by atoms with Gasteiger partial charge in [-0.3, -0.25) is 4.79 Å². The molecule has 6 nitrogen and oxygen atoms in total. The monoisotopic (exact) mass is 354 g/mol. The van der Waals surface area contributed by atoms with Crippen molar-refractivity contribution in [1.29, 1.82) is 0 Å². The van der Waals surface area contributed by atoms with Crippen LogP contribution in [-0.4, -0.2) is 51.5 Å². The molecule has 1 aromatic rings. The zero-order valence-corrected chi connectivity index (χ0v) is 15.7. The highest BCUT2D eigenvalue weighted by atomic mass is 32.2. The van der Waals surface area contributed by atoms with Crippen molar-refractivity contribution in [3.63, 3.8) is 0 Å². The second-order valence-corrected chi connectivity index (χ2v) is 8.64. The molecule has 1 aliphatic rings. The minimum Gasteiger partial charge on any atom is -0.376 e. The maximum absolute atomic E-state index is 12.5. The maximum atomic E-state index is 12.5. The van der Waals surface area contributed by atoms with Crippen LogP contribution in [0.2, 0.25) is 0 Å². The van der Waals surface area contributed by atoms with Crippen molar-refractivity contribution < 1.29 is 17.9 Å². The summed E-state index contributed by atoms with van der Waals surface area (Å²) < 4.78 is 31.7. The van der Waals surface area contributed by atoms with Gasteiger partial charge in [-0.15, -0.1) is 0 Å². The number of benzene rings is 1. The molecule has 1 saturated heterocycles.